The van der Waals surface area contributed by atoms with Gasteiger partial charge in [0.25, 0.3) is 0 Å². The van der Waals surface area contributed by atoms with E-state index in [1.807, 2.05) is 6.92 Å². The maximum Gasteiger partial charge on any atom is 0.245 e. The summed E-state index contributed by atoms with van der Waals surface area (Å²) in [7, 11) is 0. The summed E-state index contributed by atoms with van der Waals surface area (Å²) in [6.07, 6.45) is 0.479. The van der Waals surface area contributed by atoms with Crippen molar-refractivity contribution in [1.82, 2.24) is 10.2 Å². The molecular weight excluding hydrogens is 236 g/mol. The highest BCUT2D eigenvalue weighted by atomic mass is 16.6. The zero-order chi connectivity index (χ0) is 13.1. The highest BCUT2D eigenvalue weighted by Gasteiger charge is 2.38. The summed E-state index contributed by atoms with van der Waals surface area (Å²) in [4.78, 5) is 25.6. The van der Waals surface area contributed by atoms with E-state index in [4.69, 9.17) is 9.47 Å². The molecule has 2 amide bonds. The molecule has 0 aromatic carbocycles. The van der Waals surface area contributed by atoms with E-state index in [1.54, 1.807) is 11.8 Å². The Balaban J connectivity index is 2.05. The van der Waals surface area contributed by atoms with Gasteiger partial charge in [0.2, 0.25) is 11.8 Å². The molecule has 102 valence electrons. The molecule has 2 rings (SSSR count). The number of hydrogen-bond acceptors (Lipinski definition) is 4. The van der Waals surface area contributed by atoms with Gasteiger partial charge < -0.3 is 19.7 Å². The molecule has 2 fully saturated rings. The van der Waals surface area contributed by atoms with Crippen molar-refractivity contribution in [1.29, 1.82) is 0 Å². The fraction of sp³-hybridized carbons (Fsp3) is 0.833. The number of ether oxygens (including phenoxy) is 2. The number of hydrogen-bond donors (Lipinski definition) is 1. The molecule has 2 heterocycles. The summed E-state index contributed by atoms with van der Waals surface area (Å²) in [6, 6.07) is -0.843. The first-order chi connectivity index (χ1) is 8.63. The van der Waals surface area contributed by atoms with Crippen molar-refractivity contribution < 1.29 is 19.1 Å². The van der Waals surface area contributed by atoms with E-state index in [0.29, 0.717) is 32.8 Å². The average Bonchev–Trinajstić information content (AvgIpc) is 2.37. The Bertz CT molecular complexity index is 328. The molecule has 1 N–H and O–H groups in total. The number of carbonyl (C=O) groups excluding carboxylic acids is 2. The molecule has 18 heavy (non-hydrogen) atoms. The highest BCUT2D eigenvalue weighted by molar-refractivity contribution is 5.96. The lowest BCUT2D eigenvalue weighted by atomic mass is 10.1. The Morgan fingerprint density at radius 3 is 2.78 bits per heavy atom. The standard InChI is InChI=1S/C12H20N2O4/c1-3-10-11(15)13-8(2)12(16)14(10)6-9-7-17-4-5-18-9/h8-10H,3-7H2,1-2H3,(H,13,15). The van der Waals surface area contributed by atoms with Crippen LogP contribution in [0.4, 0.5) is 0 Å². The third kappa shape index (κ3) is 2.64. The SMILES string of the molecule is CCC1C(=O)NC(C)C(=O)N1CC1COCCO1. The smallest absolute Gasteiger partial charge is 0.245 e. The second-order valence-corrected chi connectivity index (χ2v) is 4.71. The van der Waals surface area contributed by atoms with Crippen LogP contribution in [0.1, 0.15) is 20.3 Å². The van der Waals surface area contributed by atoms with Crippen LogP contribution in [0.3, 0.4) is 0 Å². The minimum Gasteiger partial charge on any atom is -0.376 e. The lowest BCUT2D eigenvalue weighted by Crippen LogP contribution is -2.63. The minimum absolute atomic E-state index is 0.0457. The first-order valence-corrected chi connectivity index (χ1v) is 6.43. The first-order valence-electron chi connectivity index (χ1n) is 6.43. The van der Waals surface area contributed by atoms with Gasteiger partial charge in [-0.15, -0.1) is 0 Å². The molecule has 3 atom stereocenters. The van der Waals surface area contributed by atoms with Gasteiger partial charge in [-0.1, -0.05) is 6.92 Å². The molecule has 3 unspecified atom stereocenters. The van der Waals surface area contributed by atoms with Crippen molar-refractivity contribution in [3.8, 4) is 0 Å². The maximum atomic E-state index is 12.1. The van der Waals surface area contributed by atoms with Crippen LogP contribution < -0.4 is 5.32 Å². The van der Waals surface area contributed by atoms with Gasteiger partial charge in [0, 0.05) is 0 Å². The summed E-state index contributed by atoms with van der Waals surface area (Å²) in [5.41, 5.74) is 0. The fourth-order valence-electron chi connectivity index (χ4n) is 2.40. The number of amides is 2. The number of carbonyl (C=O) groups is 2. The van der Waals surface area contributed by atoms with E-state index in [1.165, 1.54) is 0 Å². The molecule has 2 saturated heterocycles. The van der Waals surface area contributed by atoms with Gasteiger partial charge >= 0.3 is 0 Å². The fourth-order valence-corrected chi connectivity index (χ4v) is 2.40. The molecular formula is C12H20N2O4. The zero-order valence-corrected chi connectivity index (χ0v) is 10.8. The summed E-state index contributed by atoms with van der Waals surface area (Å²) in [5.74, 6) is -0.128. The number of nitrogens with zero attached hydrogens (tertiary/aromatic N) is 1. The summed E-state index contributed by atoms with van der Waals surface area (Å²) in [6.45, 7) is 5.66. The third-order valence-electron chi connectivity index (χ3n) is 3.36. The average molecular weight is 256 g/mol. The Hall–Kier alpha value is -1.14. The van der Waals surface area contributed by atoms with Gasteiger partial charge in [-0.2, -0.15) is 0 Å². The predicted octanol–water partition coefficient (Wildman–Crippen LogP) is -0.473. The molecule has 2 aliphatic heterocycles. The first kappa shape index (κ1) is 13.3. The summed E-state index contributed by atoms with van der Waals surface area (Å²) in [5, 5.41) is 2.70. The van der Waals surface area contributed by atoms with Gasteiger partial charge in [-0.05, 0) is 13.3 Å². The Morgan fingerprint density at radius 2 is 2.17 bits per heavy atom. The molecule has 0 spiro atoms. The lowest BCUT2D eigenvalue weighted by Gasteiger charge is -2.39. The quantitative estimate of drug-likeness (QED) is 0.741. The predicted molar refractivity (Wildman–Crippen MR) is 64.0 cm³/mol. The zero-order valence-electron chi connectivity index (χ0n) is 10.8. The van der Waals surface area contributed by atoms with Crippen molar-refractivity contribution in [2.24, 2.45) is 0 Å². The third-order valence-corrected chi connectivity index (χ3v) is 3.36. The molecule has 0 saturated carbocycles. The molecule has 0 bridgehead atoms. The van der Waals surface area contributed by atoms with Crippen molar-refractivity contribution in [2.45, 2.75) is 38.5 Å². The Labute approximate surface area is 107 Å². The van der Waals surface area contributed by atoms with Crippen LogP contribution in [0.2, 0.25) is 0 Å². The van der Waals surface area contributed by atoms with Crippen molar-refractivity contribution >= 4 is 11.8 Å². The van der Waals surface area contributed by atoms with Gasteiger partial charge in [0.05, 0.1) is 32.5 Å². The van der Waals surface area contributed by atoms with Crippen molar-refractivity contribution in [3.05, 3.63) is 0 Å². The Morgan fingerprint density at radius 1 is 1.39 bits per heavy atom. The van der Waals surface area contributed by atoms with Crippen LogP contribution in [-0.2, 0) is 19.1 Å². The maximum absolute atomic E-state index is 12.1. The van der Waals surface area contributed by atoms with Gasteiger partial charge in [-0.25, -0.2) is 0 Å². The van der Waals surface area contributed by atoms with Crippen LogP contribution in [0.25, 0.3) is 0 Å². The summed E-state index contributed by atoms with van der Waals surface area (Å²) < 4.78 is 10.9. The lowest BCUT2D eigenvalue weighted by molar-refractivity contribution is -0.155. The van der Waals surface area contributed by atoms with Crippen LogP contribution in [-0.4, -0.2) is 61.3 Å². The number of nitrogens with one attached hydrogen (secondary N) is 1. The van der Waals surface area contributed by atoms with Crippen LogP contribution in [0, 0.1) is 0 Å². The molecule has 0 aromatic heterocycles. The molecule has 0 aliphatic carbocycles. The molecule has 0 aromatic rings. The van der Waals surface area contributed by atoms with Crippen molar-refractivity contribution in [3.63, 3.8) is 0 Å². The van der Waals surface area contributed by atoms with Crippen LogP contribution in [0.5, 0.6) is 0 Å². The van der Waals surface area contributed by atoms with Gasteiger partial charge in [0.15, 0.2) is 0 Å². The monoisotopic (exact) mass is 256 g/mol. The molecule has 2 aliphatic rings. The second kappa shape index (κ2) is 5.67. The van der Waals surface area contributed by atoms with Gasteiger partial charge in [-0.3, -0.25) is 9.59 Å². The largest absolute Gasteiger partial charge is 0.376 e. The normalized spacial score (nSPS) is 33.4. The molecule has 6 heteroatoms. The van der Waals surface area contributed by atoms with E-state index in [2.05, 4.69) is 5.32 Å². The van der Waals surface area contributed by atoms with Crippen LogP contribution in [0.15, 0.2) is 0 Å². The Kier molecular flexibility index (Phi) is 4.19. The van der Waals surface area contributed by atoms with Crippen LogP contribution >= 0.6 is 0 Å². The molecule has 0 radical (unpaired) electrons. The number of piperazine rings is 1. The number of rotatable bonds is 3. The minimum atomic E-state index is -0.454. The highest BCUT2D eigenvalue weighted by Crippen LogP contribution is 2.15. The van der Waals surface area contributed by atoms with E-state index in [0.717, 1.165) is 0 Å². The van der Waals surface area contributed by atoms with Gasteiger partial charge in [0.1, 0.15) is 12.1 Å². The van der Waals surface area contributed by atoms with E-state index in [-0.39, 0.29) is 24.0 Å². The second-order valence-electron chi connectivity index (χ2n) is 4.71. The van der Waals surface area contributed by atoms with Crippen molar-refractivity contribution in [2.75, 3.05) is 26.4 Å². The topological polar surface area (TPSA) is 67.9 Å². The van der Waals surface area contributed by atoms with E-state index < -0.39 is 6.04 Å². The summed E-state index contributed by atoms with van der Waals surface area (Å²) >= 11 is 0. The van der Waals surface area contributed by atoms with E-state index in [9.17, 15) is 9.59 Å². The van der Waals surface area contributed by atoms with E-state index >= 15 is 0 Å². The molecule has 6 nitrogen and oxygen atoms in total.